The SMILES string of the molecule is N#Cc1ccc(-c2ccc(-c3ccc(-c4cccc(-c5cccc(-c6nc(-c7ccccc7)nc(-c7ccccc7)n6)c5)c4)c4ccccc34)cc2)cc1.N#Cc1ccccc1-c1ccc(-c2ccc(-c3ccc(-c4nc(-c5ccccc5)nc(-c5ccccc5)n4)cc3)c3ccccc23)cc1. The van der Waals surface area contributed by atoms with Gasteiger partial charge < -0.3 is 0 Å². The smallest absolute Gasteiger partial charge is 0.164 e. The second-order valence-corrected chi connectivity index (χ2v) is 24.7. The Balaban J connectivity index is 0.000000159. The Morgan fingerprint density at radius 2 is 0.422 bits per heavy atom. The lowest BCUT2D eigenvalue weighted by Gasteiger charge is -2.14. The maximum Gasteiger partial charge on any atom is 0.164 e. The first-order valence-corrected chi connectivity index (χ1v) is 33.8. The highest BCUT2D eigenvalue weighted by Crippen LogP contribution is 2.41. The monoisotopic (exact) mass is 1300 g/mol. The van der Waals surface area contributed by atoms with E-state index in [0.717, 1.165) is 100 Å². The third kappa shape index (κ3) is 13.1. The molecule has 102 heavy (non-hydrogen) atoms. The second-order valence-electron chi connectivity index (χ2n) is 24.7. The summed E-state index contributed by atoms with van der Waals surface area (Å²) >= 11 is 0. The summed E-state index contributed by atoms with van der Waals surface area (Å²) < 4.78 is 0. The van der Waals surface area contributed by atoms with E-state index in [2.05, 4.69) is 206 Å². The van der Waals surface area contributed by atoms with Gasteiger partial charge in [-0.15, -0.1) is 0 Å². The molecule has 0 saturated carbocycles. The largest absolute Gasteiger partial charge is 0.208 e. The first-order chi connectivity index (χ1) is 50.4. The zero-order valence-electron chi connectivity index (χ0n) is 55.2. The molecule has 0 amide bonds. The number of benzene rings is 15. The van der Waals surface area contributed by atoms with E-state index in [1.54, 1.807) is 0 Å². The quantitative estimate of drug-likeness (QED) is 0.112. The molecule has 0 aliphatic heterocycles. The van der Waals surface area contributed by atoms with Gasteiger partial charge in [0.1, 0.15) is 0 Å². The number of hydrogen-bond acceptors (Lipinski definition) is 8. The summed E-state index contributed by atoms with van der Waals surface area (Å²) in [6.45, 7) is 0. The summed E-state index contributed by atoms with van der Waals surface area (Å²) in [4.78, 5) is 29.4. The number of aromatic nitrogens is 6. The molecule has 0 saturated heterocycles. The van der Waals surface area contributed by atoms with Crippen molar-refractivity contribution < 1.29 is 0 Å². The molecule has 0 atom stereocenters. The Labute approximate surface area is 591 Å². The lowest BCUT2D eigenvalue weighted by Crippen LogP contribution is -2.00. The van der Waals surface area contributed by atoms with Gasteiger partial charge in [0.05, 0.1) is 23.3 Å². The summed E-state index contributed by atoms with van der Waals surface area (Å²) in [7, 11) is 0. The second kappa shape index (κ2) is 28.5. The van der Waals surface area contributed by atoms with Crippen molar-refractivity contribution in [1.29, 1.82) is 10.5 Å². The van der Waals surface area contributed by atoms with Crippen molar-refractivity contribution in [2.24, 2.45) is 0 Å². The molecule has 0 spiro atoms. The van der Waals surface area contributed by atoms with Crippen molar-refractivity contribution in [2.75, 3.05) is 0 Å². The zero-order chi connectivity index (χ0) is 68.6. The third-order valence-electron chi connectivity index (χ3n) is 18.4. The van der Waals surface area contributed by atoms with Gasteiger partial charge in [-0.3, -0.25) is 0 Å². The highest BCUT2D eigenvalue weighted by molar-refractivity contribution is 6.07. The van der Waals surface area contributed by atoms with Crippen molar-refractivity contribution in [1.82, 2.24) is 29.9 Å². The molecule has 0 aliphatic rings. The predicted molar refractivity (Wildman–Crippen MR) is 415 cm³/mol. The minimum absolute atomic E-state index is 0.632. The van der Waals surface area contributed by atoms with Crippen LogP contribution in [0.15, 0.2) is 364 Å². The zero-order valence-corrected chi connectivity index (χ0v) is 55.2. The fourth-order valence-corrected chi connectivity index (χ4v) is 13.2. The lowest BCUT2D eigenvalue weighted by atomic mass is 9.90. The maximum absolute atomic E-state index is 9.57. The van der Waals surface area contributed by atoms with Gasteiger partial charge in [-0.05, 0) is 130 Å². The van der Waals surface area contributed by atoms with Gasteiger partial charge in [-0.2, -0.15) is 10.5 Å². The molecule has 17 rings (SSSR count). The Morgan fingerprint density at radius 1 is 0.167 bits per heavy atom. The van der Waals surface area contributed by atoms with Crippen molar-refractivity contribution in [3.8, 4) is 158 Å². The summed E-state index contributed by atoms with van der Waals surface area (Å²) in [5.41, 5.74) is 22.6. The van der Waals surface area contributed by atoms with Crippen LogP contribution in [0.4, 0.5) is 0 Å². The number of nitrogens with zero attached hydrogens (tertiary/aromatic N) is 8. The molecule has 0 radical (unpaired) electrons. The van der Waals surface area contributed by atoms with Crippen LogP contribution in [0.3, 0.4) is 0 Å². The Morgan fingerprint density at radius 3 is 0.794 bits per heavy atom. The molecule has 8 heteroatoms. The van der Waals surface area contributed by atoms with Crippen LogP contribution in [0, 0.1) is 22.7 Å². The van der Waals surface area contributed by atoms with Gasteiger partial charge in [0.2, 0.25) is 0 Å². The lowest BCUT2D eigenvalue weighted by molar-refractivity contribution is 1.07. The minimum atomic E-state index is 0.632. The number of fused-ring (bicyclic) bond motifs is 2. The van der Waals surface area contributed by atoms with Crippen molar-refractivity contribution in [3.05, 3.63) is 375 Å². The molecular formula is C94H60N8. The average Bonchev–Trinajstić information content (AvgIpc) is 0.781. The van der Waals surface area contributed by atoms with Crippen molar-refractivity contribution in [2.45, 2.75) is 0 Å². The summed E-state index contributed by atoms with van der Waals surface area (Å²) in [6.07, 6.45) is 0. The average molecular weight is 1300 g/mol. The Kier molecular flexibility index (Phi) is 17.5. The van der Waals surface area contributed by atoms with E-state index in [4.69, 9.17) is 29.9 Å². The van der Waals surface area contributed by atoms with E-state index in [0.29, 0.717) is 46.1 Å². The van der Waals surface area contributed by atoms with Crippen LogP contribution in [0.5, 0.6) is 0 Å². The van der Waals surface area contributed by atoms with Crippen LogP contribution in [0.1, 0.15) is 11.1 Å². The molecule has 476 valence electrons. The summed E-state index contributed by atoms with van der Waals surface area (Å²) in [5, 5.41) is 23.5. The van der Waals surface area contributed by atoms with E-state index < -0.39 is 0 Å². The summed E-state index contributed by atoms with van der Waals surface area (Å²) in [5.74, 6) is 3.84. The van der Waals surface area contributed by atoms with Crippen LogP contribution in [-0.4, -0.2) is 29.9 Å². The maximum atomic E-state index is 9.57. The van der Waals surface area contributed by atoms with Gasteiger partial charge in [0, 0.05) is 33.4 Å². The third-order valence-corrected chi connectivity index (χ3v) is 18.4. The van der Waals surface area contributed by atoms with Crippen LogP contribution in [-0.2, 0) is 0 Å². The molecule has 2 aromatic heterocycles. The standard InChI is InChI=1S/C50H32N4.C44H28N4/c51-33-34-21-23-35(24-22-34)36-25-27-37(28-26-36)44-29-30-45(47-20-8-7-19-46(44)47)42-17-9-15-40(31-42)41-16-10-18-43(32-41)50-53-48(38-11-3-1-4-12-38)52-49(54-50)39-13-5-2-6-14-39;45-29-36-15-7-8-16-37(36)30-19-21-31(22-20-30)38-27-28-39(41-18-10-9-17-40(38)41)32-23-25-35(26-24-32)44-47-42(33-11-3-1-4-12-33)46-43(48-44)34-13-5-2-6-14-34/h1-32H;1-28H. The first-order valence-electron chi connectivity index (χ1n) is 33.8. The van der Waals surface area contributed by atoms with Gasteiger partial charge in [0.25, 0.3) is 0 Å². The fraction of sp³-hybridized carbons (Fsp3) is 0. The van der Waals surface area contributed by atoms with Crippen LogP contribution in [0.25, 0.3) is 168 Å². The molecule has 2 heterocycles. The van der Waals surface area contributed by atoms with Crippen LogP contribution < -0.4 is 0 Å². The predicted octanol–water partition coefficient (Wildman–Crippen LogP) is 23.5. The van der Waals surface area contributed by atoms with Crippen LogP contribution in [0.2, 0.25) is 0 Å². The van der Waals surface area contributed by atoms with Crippen molar-refractivity contribution >= 4 is 21.5 Å². The molecule has 8 nitrogen and oxygen atoms in total. The van der Waals surface area contributed by atoms with Crippen LogP contribution >= 0.6 is 0 Å². The number of rotatable bonds is 13. The molecule has 15 aromatic carbocycles. The number of nitriles is 2. The highest BCUT2D eigenvalue weighted by Gasteiger charge is 2.18. The van der Waals surface area contributed by atoms with Gasteiger partial charge in [-0.1, -0.05) is 334 Å². The number of hydrogen-bond donors (Lipinski definition) is 0. The van der Waals surface area contributed by atoms with E-state index in [-0.39, 0.29) is 0 Å². The molecule has 0 N–H and O–H groups in total. The first kappa shape index (κ1) is 62.6. The van der Waals surface area contributed by atoms with E-state index in [9.17, 15) is 10.5 Å². The molecule has 0 unspecified atom stereocenters. The molecular weight excluding hydrogens is 1240 g/mol. The van der Waals surface area contributed by atoms with Gasteiger partial charge in [0.15, 0.2) is 34.9 Å². The molecule has 0 bridgehead atoms. The topological polar surface area (TPSA) is 125 Å². The molecule has 0 fully saturated rings. The van der Waals surface area contributed by atoms with E-state index >= 15 is 0 Å². The normalized spacial score (nSPS) is 10.9. The van der Waals surface area contributed by atoms with Crippen molar-refractivity contribution in [3.63, 3.8) is 0 Å². The highest BCUT2D eigenvalue weighted by atomic mass is 15.0. The minimum Gasteiger partial charge on any atom is -0.208 e. The van der Waals surface area contributed by atoms with E-state index in [1.165, 1.54) is 32.7 Å². The van der Waals surface area contributed by atoms with Gasteiger partial charge in [-0.25, -0.2) is 29.9 Å². The molecule has 0 aliphatic carbocycles. The fourth-order valence-electron chi connectivity index (χ4n) is 13.2. The Hall–Kier alpha value is -14.2. The summed E-state index contributed by atoms with van der Waals surface area (Å²) in [6, 6.07) is 129. The van der Waals surface area contributed by atoms with Gasteiger partial charge >= 0.3 is 0 Å². The Bertz CT molecular complexity index is 5860. The molecule has 17 aromatic rings. The van der Waals surface area contributed by atoms with E-state index in [1.807, 2.05) is 170 Å².